The van der Waals surface area contributed by atoms with E-state index in [0.717, 1.165) is 30.4 Å². The number of furan rings is 1. The maximum Gasteiger partial charge on any atom is 0.309 e. The Labute approximate surface area is 242 Å². The van der Waals surface area contributed by atoms with Crippen molar-refractivity contribution in [1.82, 2.24) is 14.6 Å². The van der Waals surface area contributed by atoms with Crippen molar-refractivity contribution >= 4 is 34.2 Å². The van der Waals surface area contributed by atoms with Crippen LogP contribution in [-0.4, -0.2) is 62.3 Å². The first-order chi connectivity index (χ1) is 19.6. The summed E-state index contributed by atoms with van der Waals surface area (Å²) in [5, 5.41) is 13.1. The molecular weight excluding hydrogens is 546 g/mol. The normalized spacial score (nSPS) is 15.7. The highest BCUT2D eigenvalue weighted by molar-refractivity contribution is 7.76. The van der Waals surface area contributed by atoms with Gasteiger partial charge < -0.3 is 19.6 Å². The van der Waals surface area contributed by atoms with Crippen LogP contribution < -0.4 is 5.32 Å². The summed E-state index contributed by atoms with van der Waals surface area (Å²) in [5.41, 5.74) is 3.20. The van der Waals surface area contributed by atoms with E-state index in [1.807, 2.05) is 30.3 Å². The van der Waals surface area contributed by atoms with Gasteiger partial charge in [0.1, 0.15) is 5.76 Å². The number of aliphatic carboxylic acids is 1. The highest BCUT2D eigenvalue weighted by Crippen LogP contribution is 2.44. The van der Waals surface area contributed by atoms with Gasteiger partial charge in [0.15, 0.2) is 0 Å². The Morgan fingerprint density at radius 2 is 1.95 bits per heavy atom. The Balaban J connectivity index is 1.66. The van der Waals surface area contributed by atoms with E-state index in [1.165, 1.54) is 17.0 Å². The van der Waals surface area contributed by atoms with Crippen molar-refractivity contribution in [3.05, 3.63) is 52.7 Å². The van der Waals surface area contributed by atoms with Crippen LogP contribution in [0.4, 0.5) is 0 Å². The molecule has 222 valence electrons. The van der Waals surface area contributed by atoms with E-state index in [4.69, 9.17) is 14.1 Å². The van der Waals surface area contributed by atoms with Gasteiger partial charge in [0, 0.05) is 32.9 Å². The minimum absolute atomic E-state index is 0.0866. The number of nitrogens with zero attached hydrogens (tertiary/aromatic N) is 2. The summed E-state index contributed by atoms with van der Waals surface area (Å²) in [4.78, 5) is 29.7. The maximum absolute atomic E-state index is 13.0. The van der Waals surface area contributed by atoms with Crippen LogP contribution in [0.5, 0.6) is 0 Å². The molecule has 3 aromatic rings. The number of aromatic nitrogens is 1. The first-order valence-electron chi connectivity index (χ1n) is 14.0. The topological polar surface area (TPSA) is 142 Å². The van der Waals surface area contributed by atoms with Crippen LogP contribution in [0.3, 0.4) is 0 Å². The van der Waals surface area contributed by atoms with Crippen molar-refractivity contribution < 1.29 is 32.6 Å². The predicted molar refractivity (Wildman–Crippen MR) is 157 cm³/mol. The van der Waals surface area contributed by atoms with Crippen LogP contribution in [0.25, 0.3) is 22.4 Å². The van der Waals surface area contributed by atoms with Gasteiger partial charge >= 0.3 is 5.97 Å². The summed E-state index contributed by atoms with van der Waals surface area (Å²) in [6.45, 7) is 4.36. The molecule has 2 atom stereocenters. The predicted octanol–water partition coefficient (Wildman–Crippen LogP) is 5.14. The van der Waals surface area contributed by atoms with Gasteiger partial charge in [-0.3, -0.25) is 14.1 Å². The quantitative estimate of drug-likeness (QED) is 0.208. The molecule has 0 aliphatic heterocycles. The number of nitrogens with one attached hydrogen (secondary N) is 1. The third-order valence-corrected chi connectivity index (χ3v) is 8.70. The third-order valence-electron chi connectivity index (χ3n) is 7.95. The SMILES string of the molecule is CCc1ccc(-c2oc3nc(CN(CCCC(C)(CCOC)C(=O)O)S(=O)O)c(C4CC4)cc3c2C(=O)NC)cc1. The van der Waals surface area contributed by atoms with Gasteiger partial charge in [-0.15, -0.1) is 0 Å². The molecule has 11 heteroatoms. The molecular formula is C30H39N3O7S. The number of carbonyl (C=O) groups excluding carboxylic acids is 1. The van der Waals surface area contributed by atoms with Crippen molar-refractivity contribution in [2.24, 2.45) is 5.41 Å². The van der Waals surface area contributed by atoms with E-state index >= 15 is 0 Å². The van der Waals surface area contributed by atoms with Crippen molar-refractivity contribution in [3.8, 4) is 11.3 Å². The Morgan fingerprint density at radius 3 is 2.51 bits per heavy atom. The number of carbonyl (C=O) groups is 2. The molecule has 41 heavy (non-hydrogen) atoms. The van der Waals surface area contributed by atoms with Gasteiger partial charge in [-0.25, -0.2) is 9.19 Å². The second-order valence-corrected chi connectivity index (χ2v) is 11.9. The van der Waals surface area contributed by atoms with E-state index < -0.39 is 22.7 Å². The smallest absolute Gasteiger partial charge is 0.309 e. The average Bonchev–Trinajstić information content (AvgIpc) is 3.74. The average molecular weight is 586 g/mol. The number of ether oxygens (including phenoxy) is 1. The van der Waals surface area contributed by atoms with Gasteiger partial charge in [-0.2, -0.15) is 4.31 Å². The van der Waals surface area contributed by atoms with E-state index in [9.17, 15) is 23.5 Å². The summed E-state index contributed by atoms with van der Waals surface area (Å²) < 4.78 is 35.1. The number of amides is 1. The molecule has 1 aliphatic rings. The lowest BCUT2D eigenvalue weighted by molar-refractivity contribution is -0.149. The molecule has 2 heterocycles. The Hall–Kier alpha value is -3.12. The lowest BCUT2D eigenvalue weighted by atomic mass is 9.82. The Morgan fingerprint density at radius 1 is 1.24 bits per heavy atom. The molecule has 0 spiro atoms. The van der Waals surface area contributed by atoms with Crippen LogP contribution in [0.1, 0.15) is 79.0 Å². The number of hydrogen-bond donors (Lipinski definition) is 3. The number of fused-ring (bicyclic) bond motifs is 1. The summed E-state index contributed by atoms with van der Waals surface area (Å²) in [6.07, 6.45) is 3.91. The number of carboxylic acid groups (broad SMARTS) is 1. The Bertz CT molecular complexity index is 1420. The van der Waals surface area contributed by atoms with Gasteiger partial charge in [0.2, 0.25) is 17.0 Å². The lowest BCUT2D eigenvalue weighted by Crippen LogP contribution is -2.32. The number of carboxylic acids is 1. The van der Waals surface area contributed by atoms with Crippen molar-refractivity contribution in [2.75, 3.05) is 27.3 Å². The molecule has 1 fully saturated rings. The van der Waals surface area contributed by atoms with Gasteiger partial charge in [-0.1, -0.05) is 31.2 Å². The van der Waals surface area contributed by atoms with Crippen molar-refractivity contribution in [1.29, 1.82) is 0 Å². The number of hydrogen-bond acceptors (Lipinski definition) is 6. The van der Waals surface area contributed by atoms with Crippen LogP contribution >= 0.6 is 0 Å². The summed E-state index contributed by atoms with van der Waals surface area (Å²) in [7, 11) is 3.11. The molecule has 1 aliphatic carbocycles. The van der Waals surface area contributed by atoms with E-state index in [0.29, 0.717) is 54.0 Å². The standard InChI is InChI=1S/C30H39N3O7S/c1-5-19-7-9-21(10-8-19)26-25(27(34)31-3)23-17-22(20-11-12-20)24(32-28(23)40-26)18-33(41(37)38)15-6-13-30(2,29(35)36)14-16-39-4/h7-10,17,20H,5-6,11-16,18H2,1-4H3,(H,31,34)(H,35,36)(H,37,38). The lowest BCUT2D eigenvalue weighted by Gasteiger charge is -2.26. The van der Waals surface area contributed by atoms with E-state index in [2.05, 4.69) is 12.2 Å². The molecule has 1 amide bonds. The van der Waals surface area contributed by atoms with Gasteiger partial charge in [0.05, 0.1) is 28.6 Å². The number of rotatable bonds is 15. The fraction of sp³-hybridized carbons (Fsp3) is 0.500. The van der Waals surface area contributed by atoms with Crippen molar-refractivity contribution in [3.63, 3.8) is 0 Å². The molecule has 0 radical (unpaired) electrons. The zero-order chi connectivity index (χ0) is 29.7. The number of aryl methyl sites for hydroxylation is 1. The van der Waals surface area contributed by atoms with E-state index in [1.54, 1.807) is 14.0 Å². The largest absolute Gasteiger partial charge is 0.481 e. The number of methoxy groups -OCH3 is 1. The summed E-state index contributed by atoms with van der Waals surface area (Å²) in [5.74, 6) is -0.512. The summed E-state index contributed by atoms with van der Waals surface area (Å²) >= 11 is -2.30. The number of benzene rings is 1. The molecule has 3 N–H and O–H groups in total. The fourth-order valence-corrected chi connectivity index (χ4v) is 5.60. The molecule has 1 aromatic carbocycles. The van der Waals surface area contributed by atoms with Crippen LogP contribution in [0.15, 0.2) is 34.7 Å². The highest BCUT2D eigenvalue weighted by atomic mass is 32.2. The molecule has 2 aromatic heterocycles. The molecule has 4 rings (SSSR count). The second kappa shape index (κ2) is 13.2. The Kier molecular flexibility index (Phi) is 9.96. The first-order valence-corrected chi connectivity index (χ1v) is 15.0. The summed E-state index contributed by atoms with van der Waals surface area (Å²) in [6, 6.07) is 9.81. The highest BCUT2D eigenvalue weighted by Gasteiger charge is 2.34. The van der Waals surface area contributed by atoms with Gasteiger partial charge in [0.25, 0.3) is 5.91 Å². The van der Waals surface area contributed by atoms with Gasteiger partial charge in [-0.05, 0) is 68.6 Å². The zero-order valence-electron chi connectivity index (χ0n) is 24.1. The molecule has 2 unspecified atom stereocenters. The molecule has 1 saturated carbocycles. The number of pyridine rings is 1. The first kappa shape index (κ1) is 30.8. The molecule has 10 nitrogen and oxygen atoms in total. The monoisotopic (exact) mass is 585 g/mol. The fourth-order valence-electron chi connectivity index (χ4n) is 5.09. The minimum Gasteiger partial charge on any atom is -0.481 e. The molecule has 0 saturated heterocycles. The molecule has 0 bridgehead atoms. The maximum atomic E-state index is 13.0. The van der Waals surface area contributed by atoms with Crippen LogP contribution in [0, 0.1) is 5.41 Å². The second-order valence-electron chi connectivity index (χ2n) is 10.9. The minimum atomic E-state index is -2.30. The van der Waals surface area contributed by atoms with Crippen molar-refractivity contribution in [2.45, 2.75) is 64.8 Å². The third kappa shape index (κ3) is 7.03. The van der Waals surface area contributed by atoms with E-state index in [-0.39, 0.29) is 24.9 Å². The zero-order valence-corrected chi connectivity index (χ0v) is 24.9. The van der Waals surface area contributed by atoms with Crippen LogP contribution in [-0.2, 0) is 33.8 Å². The van der Waals surface area contributed by atoms with Crippen LogP contribution in [0.2, 0.25) is 0 Å².